The molecule has 9 aromatic carbocycles. The number of aromatic nitrogens is 3. The van der Waals surface area contributed by atoms with Gasteiger partial charge in [0, 0.05) is 54.7 Å². The second-order valence-electron chi connectivity index (χ2n) is 15.9. The van der Waals surface area contributed by atoms with Crippen LogP contribution in [0.1, 0.15) is 0 Å². The third kappa shape index (κ3) is 6.44. The Labute approximate surface area is 364 Å². The van der Waals surface area contributed by atoms with E-state index in [0.29, 0.717) is 5.82 Å². The predicted molar refractivity (Wildman–Crippen MR) is 260 cm³/mol. The molecule has 3 aromatic heterocycles. The molecule has 0 aliphatic rings. The zero-order valence-electron chi connectivity index (χ0n) is 34.1. The van der Waals surface area contributed by atoms with Crippen molar-refractivity contribution in [2.75, 3.05) is 0 Å². The summed E-state index contributed by atoms with van der Waals surface area (Å²) in [4.78, 5) is 16.4. The first-order chi connectivity index (χ1) is 31.2. The van der Waals surface area contributed by atoms with Gasteiger partial charge >= 0.3 is 0 Å². The Morgan fingerprint density at radius 2 is 0.746 bits per heavy atom. The second kappa shape index (κ2) is 15.2. The number of rotatable bonds is 7. The summed E-state index contributed by atoms with van der Waals surface area (Å²) < 4.78 is 6.67. The highest BCUT2D eigenvalue weighted by Crippen LogP contribution is 2.44. The van der Waals surface area contributed by atoms with Gasteiger partial charge in [0.15, 0.2) is 5.82 Å². The molecule has 0 saturated heterocycles. The van der Waals surface area contributed by atoms with E-state index < -0.39 is 0 Å². The lowest BCUT2D eigenvalue weighted by molar-refractivity contribution is 0.673. The van der Waals surface area contributed by atoms with E-state index in [2.05, 4.69) is 194 Å². The zero-order chi connectivity index (χ0) is 41.7. The van der Waals surface area contributed by atoms with Crippen LogP contribution in [0.5, 0.6) is 0 Å². The lowest BCUT2D eigenvalue weighted by atomic mass is 9.90. The highest BCUT2D eigenvalue weighted by Gasteiger charge is 2.23. The average molecular weight is 804 g/mol. The summed E-state index contributed by atoms with van der Waals surface area (Å²) in [5.74, 6) is 0.660. The third-order valence-electron chi connectivity index (χ3n) is 12.1. The zero-order valence-corrected chi connectivity index (χ0v) is 34.1. The first kappa shape index (κ1) is 36.4. The first-order valence-electron chi connectivity index (χ1n) is 21.3. The molecule has 12 aromatic rings. The Morgan fingerprint density at radius 1 is 0.286 bits per heavy atom. The molecule has 4 heteroatoms. The predicted octanol–water partition coefficient (Wildman–Crippen LogP) is 15.7. The summed E-state index contributed by atoms with van der Waals surface area (Å²) in [5.41, 5.74) is 15.6. The standard InChI is InChI=1S/C59H37N3O/c1-4-17-38(18-5-1)41-23-14-27-45(35-41)56-53(57(62-59(61-56)40-21-8-3-9-22-40)46-28-15-24-42(36-46)39-19-6-2-7-20-39)43-25-16-26-44(37-43)55-50-34-33-48-47-29-11-13-32-52(47)63-58(48)54(50)49-30-10-12-31-51(49)60-55/h1-37H. The van der Waals surface area contributed by atoms with E-state index in [1.54, 1.807) is 0 Å². The molecule has 0 N–H and O–H groups in total. The monoisotopic (exact) mass is 803 g/mol. The number of nitrogens with zero attached hydrogens (tertiary/aromatic N) is 3. The molecule has 0 amide bonds. The van der Waals surface area contributed by atoms with Crippen LogP contribution in [0.3, 0.4) is 0 Å². The Morgan fingerprint density at radius 3 is 1.38 bits per heavy atom. The van der Waals surface area contributed by atoms with E-state index in [0.717, 1.165) is 116 Å². The van der Waals surface area contributed by atoms with Gasteiger partial charge in [-0.2, -0.15) is 0 Å². The molecule has 0 fully saturated rings. The van der Waals surface area contributed by atoms with Crippen molar-refractivity contribution in [3.05, 3.63) is 224 Å². The highest BCUT2D eigenvalue weighted by molar-refractivity contribution is 6.24. The summed E-state index contributed by atoms with van der Waals surface area (Å²) in [6, 6.07) is 78.5. The fraction of sp³-hybridized carbons (Fsp3) is 0. The molecule has 63 heavy (non-hydrogen) atoms. The number of fused-ring (bicyclic) bond motifs is 7. The van der Waals surface area contributed by atoms with Gasteiger partial charge in [-0.05, 0) is 64.2 Å². The molecule has 0 unspecified atom stereocenters. The lowest BCUT2D eigenvalue weighted by Gasteiger charge is -2.19. The van der Waals surface area contributed by atoms with Gasteiger partial charge in [-0.1, -0.05) is 188 Å². The van der Waals surface area contributed by atoms with Gasteiger partial charge in [0.2, 0.25) is 0 Å². The minimum absolute atomic E-state index is 0.660. The quantitative estimate of drug-likeness (QED) is 0.151. The van der Waals surface area contributed by atoms with Gasteiger partial charge in [0.25, 0.3) is 0 Å². The Balaban J connectivity index is 1.14. The van der Waals surface area contributed by atoms with Crippen molar-refractivity contribution in [1.29, 1.82) is 0 Å². The van der Waals surface area contributed by atoms with Crippen LogP contribution < -0.4 is 0 Å². The van der Waals surface area contributed by atoms with E-state index in [9.17, 15) is 0 Å². The van der Waals surface area contributed by atoms with Crippen LogP contribution in [0.25, 0.3) is 122 Å². The van der Waals surface area contributed by atoms with Crippen molar-refractivity contribution in [2.24, 2.45) is 0 Å². The highest BCUT2D eigenvalue weighted by atomic mass is 16.3. The maximum absolute atomic E-state index is 6.67. The lowest BCUT2D eigenvalue weighted by Crippen LogP contribution is -2.01. The van der Waals surface area contributed by atoms with Gasteiger partial charge in [-0.3, -0.25) is 0 Å². The smallest absolute Gasteiger partial charge is 0.160 e. The number of furan rings is 1. The summed E-state index contributed by atoms with van der Waals surface area (Å²) in [6.45, 7) is 0. The van der Waals surface area contributed by atoms with Crippen molar-refractivity contribution >= 4 is 43.6 Å². The molecule has 0 atom stereocenters. The van der Waals surface area contributed by atoms with E-state index in [4.69, 9.17) is 19.4 Å². The van der Waals surface area contributed by atoms with Crippen molar-refractivity contribution in [1.82, 2.24) is 15.0 Å². The summed E-state index contributed by atoms with van der Waals surface area (Å²) in [7, 11) is 0. The average Bonchev–Trinajstić information content (AvgIpc) is 3.75. The molecule has 0 bridgehead atoms. The Bertz CT molecular complexity index is 3570. The van der Waals surface area contributed by atoms with Crippen LogP contribution in [0.2, 0.25) is 0 Å². The van der Waals surface area contributed by atoms with E-state index >= 15 is 0 Å². The maximum atomic E-state index is 6.67. The molecule has 4 nitrogen and oxygen atoms in total. The summed E-state index contributed by atoms with van der Waals surface area (Å²) in [6.07, 6.45) is 0. The molecular weight excluding hydrogens is 767 g/mol. The molecule has 0 spiro atoms. The summed E-state index contributed by atoms with van der Waals surface area (Å²) >= 11 is 0. The molecular formula is C59H37N3O. The Hall–Kier alpha value is -8.47. The van der Waals surface area contributed by atoms with Crippen LogP contribution in [-0.2, 0) is 0 Å². The van der Waals surface area contributed by atoms with Crippen LogP contribution in [0, 0.1) is 0 Å². The second-order valence-corrected chi connectivity index (χ2v) is 15.9. The topological polar surface area (TPSA) is 51.8 Å². The minimum atomic E-state index is 0.660. The third-order valence-corrected chi connectivity index (χ3v) is 12.1. The Kier molecular flexibility index (Phi) is 8.79. The van der Waals surface area contributed by atoms with Crippen LogP contribution in [0.4, 0.5) is 0 Å². The molecule has 0 radical (unpaired) electrons. The molecule has 0 aliphatic carbocycles. The number of para-hydroxylation sites is 2. The van der Waals surface area contributed by atoms with Crippen molar-refractivity contribution < 1.29 is 4.42 Å². The van der Waals surface area contributed by atoms with E-state index in [1.165, 1.54) is 0 Å². The van der Waals surface area contributed by atoms with Crippen molar-refractivity contribution in [3.63, 3.8) is 0 Å². The molecule has 3 heterocycles. The van der Waals surface area contributed by atoms with Crippen LogP contribution in [-0.4, -0.2) is 15.0 Å². The number of pyridine rings is 1. The summed E-state index contributed by atoms with van der Waals surface area (Å²) in [5, 5.41) is 5.34. The fourth-order valence-electron chi connectivity index (χ4n) is 9.08. The first-order valence-corrected chi connectivity index (χ1v) is 21.3. The van der Waals surface area contributed by atoms with Crippen LogP contribution in [0.15, 0.2) is 229 Å². The van der Waals surface area contributed by atoms with Crippen molar-refractivity contribution in [3.8, 4) is 78.5 Å². The van der Waals surface area contributed by atoms with Crippen molar-refractivity contribution in [2.45, 2.75) is 0 Å². The minimum Gasteiger partial charge on any atom is -0.455 e. The SMILES string of the molecule is c1ccc(-c2cccc(-c3nc(-c4ccccc4)nc(-c4cccc(-c5ccccc5)c4)c3-c3cccc(-c4nc5ccccc5c5c4ccc4c6ccccc6oc45)c3)c2)cc1. The van der Waals surface area contributed by atoms with Gasteiger partial charge in [0.05, 0.1) is 22.6 Å². The number of hydrogen-bond donors (Lipinski definition) is 0. The molecule has 0 saturated carbocycles. The maximum Gasteiger partial charge on any atom is 0.160 e. The van der Waals surface area contributed by atoms with Gasteiger partial charge in [0.1, 0.15) is 11.2 Å². The molecule has 12 rings (SSSR count). The van der Waals surface area contributed by atoms with E-state index in [1.807, 2.05) is 30.3 Å². The largest absolute Gasteiger partial charge is 0.455 e. The molecule has 0 aliphatic heterocycles. The molecule has 294 valence electrons. The van der Waals surface area contributed by atoms with Gasteiger partial charge in [-0.25, -0.2) is 15.0 Å². The number of hydrogen-bond acceptors (Lipinski definition) is 4. The van der Waals surface area contributed by atoms with E-state index in [-0.39, 0.29) is 0 Å². The normalized spacial score (nSPS) is 11.5. The fourth-order valence-corrected chi connectivity index (χ4v) is 9.08. The van der Waals surface area contributed by atoms with Crippen LogP contribution >= 0.6 is 0 Å². The van der Waals surface area contributed by atoms with Gasteiger partial charge < -0.3 is 4.42 Å². The number of benzene rings is 9. The van der Waals surface area contributed by atoms with Gasteiger partial charge in [-0.15, -0.1) is 0 Å².